The Balaban J connectivity index is 1.73. The number of halogens is 1. The molecule has 4 N–H and O–H groups in total. The third kappa shape index (κ3) is 4.26. The maximum atomic E-state index is 12.6. The number of ether oxygens (including phenoxy) is 1. The van der Waals surface area contributed by atoms with E-state index in [1.807, 2.05) is 0 Å². The second kappa shape index (κ2) is 8.66. The molecule has 3 rings (SSSR count). The van der Waals surface area contributed by atoms with Crippen molar-refractivity contribution in [3.8, 4) is 5.75 Å². The molecule has 2 aromatic carbocycles. The predicted octanol–water partition coefficient (Wildman–Crippen LogP) is 2.70. The minimum atomic E-state index is -0.803. The standard InChI is InChI=1S/C20H18ClN5O4/c1-26(20(29)17-16(18(22)27)23-10-24-17)12-5-3-11(4-6-12)25-19(28)14-8-7-13(30-2)9-15(14)21/h3-10H,1-2H3,(H2,22,27)(H,23,24)(H,25,28). The molecule has 10 heteroatoms. The van der Waals surface area contributed by atoms with Gasteiger partial charge >= 0.3 is 0 Å². The van der Waals surface area contributed by atoms with Gasteiger partial charge in [-0.05, 0) is 42.5 Å². The van der Waals surface area contributed by atoms with Crippen molar-refractivity contribution in [2.45, 2.75) is 0 Å². The van der Waals surface area contributed by atoms with Crippen LogP contribution < -0.4 is 20.7 Å². The Morgan fingerprint density at radius 3 is 2.47 bits per heavy atom. The van der Waals surface area contributed by atoms with Crippen molar-refractivity contribution in [3.05, 3.63) is 70.8 Å². The van der Waals surface area contributed by atoms with Gasteiger partial charge < -0.3 is 25.7 Å². The van der Waals surface area contributed by atoms with Gasteiger partial charge in [-0.25, -0.2) is 4.98 Å². The molecule has 0 unspecified atom stereocenters. The van der Waals surface area contributed by atoms with Crippen molar-refractivity contribution in [1.82, 2.24) is 9.97 Å². The SMILES string of the molecule is COc1ccc(C(=O)Nc2ccc(N(C)C(=O)c3[nH]cnc3C(N)=O)cc2)c(Cl)c1. The summed E-state index contributed by atoms with van der Waals surface area (Å²) < 4.78 is 5.07. The highest BCUT2D eigenvalue weighted by molar-refractivity contribution is 6.34. The summed E-state index contributed by atoms with van der Waals surface area (Å²) in [5.74, 6) is -1.12. The van der Waals surface area contributed by atoms with Gasteiger partial charge in [0, 0.05) is 18.4 Å². The average molecular weight is 428 g/mol. The van der Waals surface area contributed by atoms with Gasteiger partial charge in [-0.15, -0.1) is 0 Å². The van der Waals surface area contributed by atoms with E-state index >= 15 is 0 Å². The molecule has 0 atom stereocenters. The highest BCUT2D eigenvalue weighted by atomic mass is 35.5. The molecule has 0 fully saturated rings. The lowest BCUT2D eigenvalue weighted by Crippen LogP contribution is -2.29. The van der Waals surface area contributed by atoms with Crippen molar-refractivity contribution in [3.63, 3.8) is 0 Å². The lowest BCUT2D eigenvalue weighted by atomic mass is 10.2. The van der Waals surface area contributed by atoms with Crippen LogP contribution in [-0.4, -0.2) is 41.8 Å². The van der Waals surface area contributed by atoms with Crippen molar-refractivity contribution < 1.29 is 19.1 Å². The molecular formula is C20H18ClN5O4. The van der Waals surface area contributed by atoms with Gasteiger partial charge in [-0.3, -0.25) is 14.4 Å². The molecule has 154 valence electrons. The highest BCUT2D eigenvalue weighted by Gasteiger charge is 2.22. The van der Waals surface area contributed by atoms with Gasteiger partial charge in [0.25, 0.3) is 17.7 Å². The van der Waals surface area contributed by atoms with Crippen LogP contribution in [0.25, 0.3) is 0 Å². The Hall–Kier alpha value is -3.85. The molecule has 3 amide bonds. The molecule has 0 spiro atoms. The first-order valence-corrected chi connectivity index (χ1v) is 9.05. The molecule has 0 aliphatic carbocycles. The molecule has 3 aromatic rings. The number of benzene rings is 2. The smallest absolute Gasteiger partial charge is 0.276 e. The second-order valence-electron chi connectivity index (χ2n) is 6.20. The van der Waals surface area contributed by atoms with Crippen LogP contribution in [0.1, 0.15) is 31.3 Å². The lowest BCUT2D eigenvalue weighted by Gasteiger charge is -2.17. The number of primary amides is 1. The minimum absolute atomic E-state index is 0.00322. The number of imidazole rings is 1. The quantitative estimate of drug-likeness (QED) is 0.556. The number of anilines is 2. The van der Waals surface area contributed by atoms with Crippen LogP contribution in [0.5, 0.6) is 5.75 Å². The molecule has 0 saturated heterocycles. The molecule has 0 aliphatic heterocycles. The molecule has 1 heterocycles. The summed E-state index contributed by atoms with van der Waals surface area (Å²) in [5, 5.41) is 3.00. The summed E-state index contributed by atoms with van der Waals surface area (Å²) in [5.41, 5.74) is 6.43. The summed E-state index contributed by atoms with van der Waals surface area (Å²) in [6.07, 6.45) is 1.23. The van der Waals surface area contributed by atoms with Crippen LogP contribution in [0, 0.1) is 0 Å². The van der Waals surface area contributed by atoms with E-state index in [1.165, 1.54) is 18.3 Å². The van der Waals surface area contributed by atoms with Crippen molar-refractivity contribution in [2.24, 2.45) is 5.73 Å². The van der Waals surface area contributed by atoms with E-state index in [4.69, 9.17) is 22.1 Å². The van der Waals surface area contributed by atoms with E-state index in [0.717, 1.165) is 0 Å². The van der Waals surface area contributed by atoms with Crippen molar-refractivity contribution in [1.29, 1.82) is 0 Å². The molecule has 1 aromatic heterocycles. The van der Waals surface area contributed by atoms with Gasteiger partial charge in [0.05, 0.1) is 24.0 Å². The first-order valence-electron chi connectivity index (χ1n) is 8.68. The summed E-state index contributed by atoms with van der Waals surface area (Å²) in [4.78, 5) is 44.2. The first kappa shape index (κ1) is 20.9. The number of H-pyrrole nitrogens is 1. The minimum Gasteiger partial charge on any atom is -0.497 e. The lowest BCUT2D eigenvalue weighted by molar-refractivity contribution is 0.0958. The van der Waals surface area contributed by atoms with Gasteiger partial charge in [0.2, 0.25) is 0 Å². The number of methoxy groups -OCH3 is 1. The van der Waals surface area contributed by atoms with E-state index in [2.05, 4.69) is 15.3 Å². The van der Waals surface area contributed by atoms with Crippen LogP contribution in [0.2, 0.25) is 5.02 Å². The fraction of sp³-hybridized carbons (Fsp3) is 0.100. The van der Waals surface area contributed by atoms with Gasteiger partial charge in [0.1, 0.15) is 11.4 Å². The van der Waals surface area contributed by atoms with Crippen LogP contribution >= 0.6 is 11.6 Å². The number of carbonyl (C=O) groups excluding carboxylic acids is 3. The molecule has 0 aliphatic rings. The Labute approximate surface area is 176 Å². The zero-order valence-corrected chi connectivity index (χ0v) is 16.9. The van der Waals surface area contributed by atoms with Crippen molar-refractivity contribution >= 4 is 40.7 Å². The van der Waals surface area contributed by atoms with E-state index in [-0.39, 0.29) is 22.3 Å². The zero-order valence-electron chi connectivity index (χ0n) is 16.1. The molecule has 30 heavy (non-hydrogen) atoms. The number of hydrogen-bond acceptors (Lipinski definition) is 5. The Morgan fingerprint density at radius 2 is 1.87 bits per heavy atom. The number of carbonyl (C=O) groups is 3. The number of hydrogen-bond donors (Lipinski definition) is 3. The van der Waals surface area contributed by atoms with E-state index < -0.39 is 11.8 Å². The number of nitrogens with one attached hydrogen (secondary N) is 2. The number of aromatic amines is 1. The topological polar surface area (TPSA) is 130 Å². The maximum Gasteiger partial charge on any atom is 0.276 e. The van der Waals surface area contributed by atoms with Crippen LogP contribution in [0.3, 0.4) is 0 Å². The molecule has 0 radical (unpaired) electrons. The van der Waals surface area contributed by atoms with Gasteiger partial charge in [-0.2, -0.15) is 0 Å². The third-order valence-corrected chi connectivity index (χ3v) is 4.64. The molecule has 9 nitrogen and oxygen atoms in total. The Kier molecular flexibility index (Phi) is 6.03. The molecular weight excluding hydrogens is 410 g/mol. The summed E-state index contributed by atoms with van der Waals surface area (Å²) in [6.45, 7) is 0. The van der Waals surface area contributed by atoms with E-state index in [9.17, 15) is 14.4 Å². The number of nitrogens with two attached hydrogens (primary N) is 1. The van der Waals surface area contributed by atoms with Crippen LogP contribution in [0.15, 0.2) is 48.8 Å². The van der Waals surface area contributed by atoms with Gasteiger partial charge in [0.15, 0.2) is 5.69 Å². The number of nitrogens with zero attached hydrogens (tertiary/aromatic N) is 2. The summed E-state index contributed by atoms with van der Waals surface area (Å²) in [6, 6.07) is 11.3. The van der Waals surface area contributed by atoms with Crippen LogP contribution in [-0.2, 0) is 0 Å². The Morgan fingerprint density at radius 1 is 1.17 bits per heavy atom. The largest absolute Gasteiger partial charge is 0.497 e. The third-order valence-electron chi connectivity index (χ3n) is 4.32. The number of aromatic nitrogens is 2. The fourth-order valence-electron chi connectivity index (χ4n) is 2.70. The monoisotopic (exact) mass is 427 g/mol. The van der Waals surface area contributed by atoms with Crippen molar-refractivity contribution in [2.75, 3.05) is 24.4 Å². The van der Waals surface area contributed by atoms with Crippen LogP contribution in [0.4, 0.5) is 11.4 Å². The van der Waals surface area contributed by atoms with E-state index in [0.29, 0.717) is 22.7 Å². The number of amides is 3. The fourth-order valence-corrected chi connectivity index (χ4v) is 2.96. The summed E-state index contributed by atoms with van der Waals surface area (Å²) >= 11 is 6.13. The summed E-state index contributed by atoms with van der Waals surface area (Å²) in [7, 11) is 3.05. The zero-order chi connectivity index (χ0) is 21.8. The first-order chi connectivity index (χ1) is 14.3. The average Bonchev–Trinajstić information content (AvgIpc) is 3.23. The maximum absolute atomic E-state index is 12.6. The highest BCUT2D eigenvalue weighted by Crippen LogP contribution is 2.24. The van der Waals surface area contributed by atoms with E-state index in [1.54, 1.807) is 49.5 Å². The second-order valence-corrected chi connectivity index (χ2v) is 6.61. The Bertz CT molecular complexity index is 1110. The van der Waals surface area contributed by atoms with Gasteiger partial charge in [-0.1, -0.05) is 11.6 Å². The normalized spacial score (nSPS) is 10.4. The molecule has 0 saturated carbocycles. The predicted molar refractivity (Wildman–Crippen MR) is 112 cm³/mol. The molecule has 0 bridgehead atoms. The number of rotatable bonds is 6.